The van der Waals surface area contributed by atoms with Gasteiger partial charge in [-0.1, -0.05) is 6.92 Å². The fraction of sp³-hybridized carbons (Fsp3) is 0.941. The van der Waals surface area contributed by atoms with Gasteiger partial charge in [0.15, 0.2) is 5.96 Å². The predicted octanol–water partition coefficient (Wildman–Crippen LogP) is 2.12. The molecule has 5 nitrogen and oxygen atoms in total. The fourth-order valence-corrected chi connectivity index (χ4v) is 5.57. The first-order valence-electron chi connectivity index (χ1n) is 9.10. The first-order chi connectivity index (χ1) is 11.2. The molecule has 3 saturated heterocycles. The van der Waals surface area contributed by atoms with Gasteiger partial charge >= 0.3 is 0 Å². The van der Waals surface area contributed by atoms with Gasteiger partial charge in [0.05, 0.1) is 13.2 Å². The van der Waals surface area contributed by atoms with Gasteiger partial charge in [-0.05, 0) is 30.9 Å². The average Bonchev–Trinajstić information content (AvgIpc) is 3.06. The van der Waals surface area contributed by atoms with Crippen LogP contribution >= 0.6 is 35.7 Å². The molecule has 0 aliphatic carbocycles. The van der Waals surface area contributed by atoms with Crippen molar-refractivity contribution in [3.8, 4) is 0 Å². The maximum atomic E-state index is 5.56. The molecular formula is C17H33IN4OS. The quantitative estimate of drug-likeness (QED) is 0.391. The van der Waals surface area contributed by atoms with E-state index in [9.17, 15) is 0 Å². The van der Waals surface area contributed by atoms with Crippen LogP contribution in [0.25, 0.3) is 0 Å². The smallest absolute Gasteiger partial charge is 0.193 e. The third-order valence-corrected chi connectivity index (χ3v) is 6.74. The highest BCUT2D eigenvalue weighted by atomic mass is 127. The molecule has 0 radical (unpaired) electrons. The monoisotopic (exact) mass is 468 g/mol. The summed E-state index contributed by atoms with van der Waals surface area (Å²) in [7, 11) is 1.92. The normalized spacial score (nSPS) is 32.5. The Balaban J connectivity index is 0.00000208. The number of rotatable bonds is 3. The molecule has 140 valence electrons. The number of hydrogen-bond donors (Lipinski definition) is 1. The van der Waals surface area contributed by atoms with Gasteiger partial charge in [-0.15, -0.1) is 24.0 Å². The van der Waals surface area contributed by atoms with Crippen molar-refractivity contribution in [3.63, 3.8) is 0 Å². The van der Waals surface area contributed by atoms with Crippen LogP contribution in [0.2, 0.25) is 0 Å². The van der Waals surface area contributed by atoms with Crippen molar-refractivity contribution in [2.24, 2.45) is 10.9 Å². The van der Waals surface area contributed by atoms with Crippen LogP contribution in [0, 0.1) is 5.92 Å². The number of piperidine rings is 1. The van der Waals surface area contributed by atoms with E-state index in [2.05, 4.69) is 38.8 Å². The lowest BCUT2D eigenvalue weighted by Gasteiger charge is -2.44. The summed E-state index contributed by atoms with van der Waals surface area (Å²) in [6.07, 6.45) is 3.91. The summed E-state index contributed by atoms with van der Waals surface area (Å²) in [5.41, 5.74) is 0.284. The second-order valence-electron chi connectivity index (χ2n) is 7.22. The summed E-state index contributed by atoms with van der Waals surface area (Å²) in [6.45, 7) is 9.54. The van der Waals surface area contributed by atoms with E-state index < -0.39 is 0 Å². The maximum Gasteiger partial charge on any atom is 0.193 e. The molecule has 0 aromatic rings. The van der Waals surface area contributed by atoms with E-state index in [1.54, 1.807) is 0 Å². The average molecular weight is 468 g/mol. The van der Waals surface area contributed by atoms with Gasteiger partial charge < -0.3 is 15.0 Å². The molecule has 0 saturated carbocycles. The molecule has 2 unspecified atom stereocenters. The number of nitrogens with zero attached hydrogens (tertiary/aromatic N) is 3. The third kappa shape index (κ3) is 4.92. The third-order valence-electron chi connectivity index (χ3n) is 5.51. The summed E-state index contributed by atoms with van der Waals surface area (Å²) in [5.74, 6) is 4.38. The van der Waals surface area contributed by atoms with Crippen LogP contribution in [0.15, 0.2) is 4.99 Å². The fourth-order valence-electron chi connectivity index (χ4n) is 4.09. The van der Waals surface area contributed by atoms with Gasteiger partial charge in [0, 0.05) is 51.1 Å². The number of ether oxygens (including phenoxy) is 1. The van der Waals surface area contributed by atoms with E-state index in [0.29, 0.717) is 0 Å². The predicted molar refractivity (Wildman–Crippen MR) is 114 cm³/mol. The number of nitrogens with one attached hydrogen (secondary N) is 1. The minimum Gasteiger partial charge on any atom is -0.379 e. The van der Waals surface area contributed by atoms with Crippen molar-refractivity contribution < 1.29 is 4.74 Å². The molecule has 3 rings (SSSR count). The van der Waals surface area contributed by atoms with Crippen molar-refractivity contribution in [1.82, 2.24) is 15.1 Å². The molecule has 1 N–H and O–H groups in total. The topological polar surface area (TPSA) is 40.1 Å². The molecule has 0 amide bonds. The van der Waals surface area contributed by atoms with Crippen LogP contribution in [0.5, 0.6) is 0 Å². The van der Waals surface area contributed by atoms with E-state index in [1.165, 1.54) is 30.8 Å². The molecule has 7 heteroatoms. The van der Waals surface area contributed by atoms with E-state index in [4.69, 9.17) is 4.74 Å². The van der Waals surface area contributed by atoms with E-state index in [1.807, 2.05) is 7.05 Å². The first-order valence-corrected chi connectivity index (χ1v) is 10.3. The summed E-state index contributed by atoms with van der Waals surface area (Å²) in [5, 5.41) is 3.72. The highest BCUT2D eigenvalue weighted by Gasteiger charge is 2.41. The van der Waals surface area contributed by atoms with Crippen molar-refractivity contribution in [2.45, 2.75) is 31.7 Å². The van der Waals surface area contributed by atoms with E-state index in [0.717, 1.165) is 57.8 Å². The Hall–Kier alpha value is 0.270. The zero-order valence-corrected chi connectivity index (χ0v) is 18.3. The highest BCUT2D eigenvalue weighted by molar-refractivity contribution is 14.0. The SMILES string of the molecule is CN=C(NCC1(N2CCOCC2)CCSC1)N1CCCC(C)C1.I. The van der Waals surface area contributed by atoms with Crippen molar-refractivity contribution in [2.75, 3.05) is 64.5 Å². The molecule has 24 heavy (non-hydrogen) atoms. The number of thioether (sulfide) groups is 1. The van der Waals surface area contributed by atoms with Gasteiger partial charge in [0.1, 0.15) is 0 Å². The first kappa shape index (κ1) is 20.6. The lowest BCUT2D eigenvalue weighted by Crippen LogP contribution is -2.60. The van der Waals surface area contributed by atoms with Crippen molar-refractivity contribution in [1.29, 1.82) is 0 Å². The summed E-state index contributed by atoms with van der Waals surface area (Å²) >= 11 is 2.09. The summed E-state index contributed by atoms with van der Waals surface area (Å²) < 4.78 is 5.56. The number of morpholine rings is 1. The van der Waals surface area contributed by atoms with Gasteiger partial charge in [-0.3, -0.25) is 9.89 Å². The Labute approximate surface area is 168 Å². The highest BCUT2D eigenvalue weighted by Crippen LogP contribution is 2.33. The second-order valence-corrected chi connectivity index (χ2v) is 8.33. The molecule has 0 bridgehead atoms. The summed E-state index contributed by atoms with van der Waals surface area (Å²) in [6, 6.07) is 0. The van der Waals surface area contributed by atoms with Crippen LogP contribution in [0.3, 0.4) is 0 Å². The molecule has 0 aromatic heterocycles. The van der Waals surface area contributed by atoms with Crippen molar-refractivity contribution in [3.05, 3.63) is 0 Å². The Bertz CT molecular complexity index is 411. The van der Waals surface area contributed by atoms with Crippen LogP contribution in [-0.4, -0.2) is 85.8 Å². The van der Waals surface area contributed by atoms with Crippen LogP contribution in [0.4, 0.5) is 0 Å². The number of aliphatic imine (C=N–C) groups is 1. The molecule has 3 aliphatic heterocycles. The van der Waals surface area contributed by atoms with Crippen LogP contribution < -0.4 is 5.32 Å². The number of halogens is 1. The second kappa shape index (κ2) is 9.83. The standard InChI is InChI=1S/C17H32N4OS.HI/c1-15-4-3-6-20(12-15)16(18-2)19-13-17(5-11-23-14-17)21-7-9-22-10-8-21;/h15H,3-14H2,1-2H3,(H,18,19);1H. The van der Waals surface area contributed by atoms with E-state index in [-0.39, 0.29) is 29.5 Å². The maximum absolute atomic E-state index is 5.56. The van der Waals surface area contributed by atoms with Gasteiger partial charge in [0.25, 0.3) is 0 Å². The molecule has 2 atom stereocenters. The molecule has 3 heterocycles. The van der Waals surface area contributed by atoms with Gasteiger partial charge in [-0.25, -0.2) is 0 Å². The van der Waals surface area contributed by atoms with Gasteiger partial charge in [0.2, 0.25) is 0 Å². The Kier molecular flexibility index (Phi) is 8.43. The molecule has 3 fully saturated rings. The van der Waals surface area contributed by atoms with Crippen LogP contribution in [0.1, 0.15) is 26.2 Å². The number of hydrogen-bond acceptors (Lipinski definition) is 4. The molecule has 0 spiro atoms. The minimum absolute atomic E-state index is 0. The Morgan fingerprint density at radius 1 is 1.33 bits per heavy atom. The number of guanidine groups is 1. The van der Waals surface area contributed by atoms with Gasteiger partial charge in [-0.2, -0.15) is 11.8 Å². The number of likely N-dealkylation sites (tertiary alicyclic amines) is 1. The minimum atomic E-state index is 0. The van der Waals surface area contributed by atoms with Crippen LogP contribution in [-0.2, 0) is 4.74 Å². The molecule has 3 aliphatic rings. The Morgan fingerprint density at radius 3 is 2.75 bits per heavy atom. The zero-order chi connectivity index (χ0) is 16.1. The lowest BCUT2D eigenvalue weighted by molar-refractivity contribution is -0.0122. The zero-order valence-electron chi connectivity index (χ0n) is 15.1. The lowest BCUT2D eigenvalue weighted by atomic mass is 9.95. The molecular weight excluding hydrogens is 435 g/mol. The largest absolute Gasteiger partial charge is 0.379 e. The molecule has 0 aromatic carbocycles. The van der Waals surface area contributed by atoms with E-state index >= 15 is 0 Å². The van der Waals surface area contributed by atoms with Crippen molar-refractivity contribution >= 4 is 41.7 Å². The Morgan fingerprint density at radius 2 is 2.12 bits per heavy atom. The summed E-state index contributed by atoms with van der Waals surface area (Å²) in [4.78, 5) is 9.67.